The Morgan fingerprint density at radius 2 is 2.05 bits per heavy atom. The lowest BCUT2D eigenvalue weighted by Gasteiger charge is -2.26. The van der Waals surface area contributed by atoms with Crippen molar-refractivity contribution in [2.75, 3.05) is 12.0 Å². The summed E-state index contributed by atoms with van der Waals surface area (Å²) in [5.41, 5.74) is 0.531. The Labute approximate surface area is 135 Å². The van der Waals surface area contributed by atoms with Gasteiger partial charge in [0, 0.05) is 18.0 Å². The van der Waals surface area contributed by atoms with E-state index in [9.17, 15) is 8.78 Å². The lowest BCUT2D eigenvalue weighted by atomic mass is 10.2. The minimum atomic E-state index is -0.633. The van der Waals surface area contributed by atoms with E-state index in [1.54, 1.807) is 17.7 Å². The molecule has 7 heteroatoms. The summed E-state index contributed by atoms with van der Waals surface area (Å²) in [6.07, 6.45) is 3.09. The lowest BCUT2D eigenvalue weighted by molar-refractivity contribution is 0.392. The van der Waals surface area contributed by atoms with Crippen LogP contribution >= 0.6 is 23.4 Å². The maximum atomic E-state index is 14.1. The number of hydrogen-bond acceptors (Lipinski definition) is 4. The maximum Gasteiger partial charge on any atom is 0.219 e. The van der Waals surface area contributed by atoms with Crippen LogP contribution in [0.5, 0.6) is 5.88 Å². The monoisotopic (exact) mass is 340 g/mol. The second-order valence-corrected chi connectivity index (χ2v) is 5.93. The van der Waals surface area contributed by atoms with E-state index in [-0.39, 0.29) is 5.69 Å². The van der Waals surface area contributed by atoms with Gasteiger partial charge in [0.05, 0.1) is 12.1 Å². The highest BCUT2D eigenvalue weighted by molar-refractivity contribution is 8.02. The Morgan fingerprint density at radius 1 is 1.32 bits per heavy atom. The van der Waals surface area contributed by atoms with E-state index >= 15 is 0 Å². The molecule has 2 heterocycles. The number of methoxy groups -OCH3 is 1. The number of thioether (sulfide) groups is 1. The van der Waals surface area contributed by atoms with Gasteiger partial charge in [0.2, 0.25) is 5.88 Å². The number of halogens is 3. The van der Waals surface area contributed by atoms with Crippen LogP contribution in [0.2, 0.25) is 5.02 Å². The van der Waals surface area contributed by atoms with Gasteiger partial charge in [-0.05, 0) is 23.6 Å². The van der Waals surface area contributed by atoms with Crippen molar-refractivity contribution in [3.8, 4) is 5.88 Å². The van der Waals surface area contributed by atoms with Gasteiger partial charge in [0.25, 0.3) is 0 Å². The molecule has 114 valence electrons. The number of para-hydroxylation sites is 1. The molecule has 2 aromatic rings. The number of hydrogen-bond donors (Lipinski definition) is 0. The Hall–Kier alpha value is -1.79. The molecule has 0 saturated carbocycles. The molecule has 3 rings (SSSR count). The van der Waals surface area contributed by atoms with Crippen LogP contribution in [-0.4, -0.2) is 12.1 Å². The van der Waals surface area contributed by atoms with Gasteiger partial charge in [-0.3, -0.25) is 0 Å². The van der Waals surface area contributed by atoms with Crippen LogP contribution in [0.1, 0.15) is 10.9 Å². The Morgan fingerprint density at radius 3 is 2.73 bits per heavy atom. The summed E-state index contributed by atoms with van der Waals surface area (Å²) < 4.78 is 33.3. The number of pyridine rings is 1. The topological polar surface area (TPSA) is 25.4 Å². The lowest BCUT2D eigenvalue weighted by Crippen LogP contribution is -2.20. The molecule has 0 fully saturated rings. The standard InChI is InChI=1S/C15H11ClF2N2OS/c1-21-14-10(7-9(16)8-19-14)15-20(5-6-22-15)13-11(17)3-2-4-12(13)18/h2-8,15H,1H3. The molecule has 0 saturated heterocycles. The fourth-order valence-corrected chi connectivity index (χ4v) is 3.40. The fourth-order valence-electron chi connectivity index (χ4n) is 2.26. The number of nitrogens with zero attached hydrogens (tertiary/aromatic N) is 2. The molecule has 0 spiro atoms. The highest BCUT2D eigenvalue weighted by Crippen LogP contribution is 2.46. The van der Waals surface area contributed by atoms with E-state index in [4.69, 9.17) is 16.3 Å². The third-order valence-electron chi connectivity index (χ3n) is 3.18. The van der Waals surface area contributed by atoms with Crippen LogP contribution < -0.4 is 9.64 Å². The second-order valence-electron chi connectivity index (χ2n) is 4.50. The summed E-state index contributed by atoms with van der Waals surface area (Å²) in [4.78, 5) is 5.61. The minimum absolute atomic E-state index is 0.115. The molecule has 1 aliphatic rings. The van der Waals surface area contributed by atoms with Gasteiger partial charge < -0.3 is 9.64 Å². The third-order valence-corrected chi connectivity index (χ3v) is 4.41. The zero-order valence-corrected chi connectivity index (χ0v) is 13.0. The first-order valence-corrected chi connectivity index (χ1v) is 7.68. The first-order valence-electron chi connectivity index (χ1n) is 6.35. The molecule has 1 aromatic carbocycles. The Kier molecular flexibility index (Phi) is 4.22. The maximum absolute atomic E-state index is 14.1. The molecular formula is C15H11ClF2N2OS. The van der Waals surface area contributed by atoms with Gasteiger partial charge in [-0.2, -0.15) is 0 Å². The first kappa shape index (κ1) is 15.1. The zero-order chi connectivity index (χ0) is 15.7. The Bertz CT molecular complexity index is 721. The average molecular weight is 341 g/mol. The molecule has 0 bridgehead atoms. The summed E-state index contributed by atoms with van der Waals surface area (Å²) in [7, 11) is 1.49. The largest absolute Gasteiger partial charge is 0.481 e. The molecule has 0 aliphatic carbocycles. The van der Waals surface area contributed by atoms with Crippen LogP contribution in [0.4, 0.5) is 14.5 Å². The van der Waals surface area contributed by atoms with Crippen LogP contribution in [0.3, 0.4) is 0 Å². The smallest absolute Gasteiger partial charge is 0.219 e. The number of rotatable bonds is 3. The molecule has 1 aromatic heterocycles. The molecule has 3 nitrogen and oxygen atoms in total. The van der Waals surface area contributed by atoms with Gasteiger partial charge >= 0.3 is 0 Å². The summed E-state index contributed by atoms with van der Waals surface area (Å²) in [5, 5.41) is 1.78. The third kappa shape index (κ3) is 2.64. The van der Waals surface area contributed by atoms with Crippen LogP contribution in [0, 0.1) is 11.6 Å². The predicted molar refractivity (Wildman–Crippen MR) is 84.1 cm³/mol. The van der Waals surface area contributed by atoms with Gasteiger partial charge in [-0.1, -0.05) is 17.7 Å². The molecule has 0 amide bonds. The highest BCUT2D eigenvalue weighted by atomic mass is 35.5. The van der Waals surface area contributed by atoms with Crippen molar-refractivity contribution < 1.29 is 13.5 Å². The van der Waals surface area contributed by atoms with Gasteiger partial charge in [0.1, 0.15) is 22.7 Å². The number of anilines is 1. The van der Waals surface area contributed by atoms with Crippen molar-refractivity contribution >= 4 is 29.1 Å². The average Bonchev–Trinajstić information content (AvgIpc) is 2.96. The quantitative estimate of drug-likeness (QED) is 0.805. The van der Waals surface area contributed by atoms with Crippen molar-refractivity contribution in [1.29, 1.82) is 0 Å². The van der Waals surface area contributed by atoms with Crippen molar-refractivity contribution in [3.05, 3.63) is 64.3 Å². The zero-order valence-electron chi connectivity index (χ0n) is 11.5. The van der Waals surface area contributed by atoms with Gasteiger partial charge in [-0.25, -0.2) is 13.8 Å². The van der Waals surface area contributed by atoms with Crippen LogP contribution in [0.15, 0.2) is 42.1 Å². The van der Waals surface area contributed by atoms with Gasteiger partial charge in [-0.15, -0.1) is 11.8 Å². The molecule has 0 N–H and O–H groups in total. The van der Waals surface area contributed by atoms with Crippen molar-refractivity contribution in [3.63, 3.8) is 0 Å². The van der Waals surface area contributed by atoms with E-state index in [0.717, 1.165) is 0 Å². The summed E-state index contributed by atoms with van der Waals surface area (Å²) in [6.45, 7) is 0. The molecule has 1 unspecified atom stereocenters. The summed E-state index contributed by atoms with van der Waals surface area (Å²) in [5.74, 6) is -0.899. The van der Waals surface area contributed by atoms with Crippen LogP contribution in [-0.2, 0) is 0 Å². The molecule has 1 atom stereocenters. The van der Waals surface area contributed by atoms with E-state index in [1.807, 2.05) is 0 Å². The predicted octanol–water partition coefficient (Wildman–Crippen LogP) is 4.75. The number of ether oxygens (including phenoxy) is 1. The van der Waals surface area contributed by atoms with E-state index in [1.165, 1.54) is 48.2 Å². The summed E-state index contributed by atoms with van der Waals surface area (Å²) in [6, 6.07) is 5.46. The fraction of sp³-hybridized carbons (Fsp3) is 0.133. The van der Waals surface area contributed by atoms with Crippen LogP contribution in [0.25, 0.3) is 0 Å². The highest BCUT2D eigenvalue weighted by Gasteiger charge is 2.30. The first-order chi connectivity index (χ1) is 10.6. The molecule has 0 radical (unpaired) electrons. The Balaban J connectivity index is 2.07. The second kappa shape index (κ2) is 6.14. The molecular weight excluding hydrogens is 330 g/mol. The SMILES string of the molecule is COc1ncc(Cl)cc1C1SC=CN1c1c(F)cccc1F. The van der Waals surface area contributed by atoms with E-state index in [2.05, 4.69) is 4.98 Å². The van der Waals surface area contributed by atoms with Crippen molar-refractivity contribution in [2.45, 2.75) is 5.37 Å². The van der Waals surface area contributed by atoms with E-state index < -0.39 is 17.0 Å². The van der Waals surface area contributed by atoms with Crippen molar-refractivity contribution in [2.24, 2.45) is 0 Å². The van der Waals surface area contributed by atoms with Crippen molar-refractivity contribution in [1.82, 2.24) is 4.98 Å². The minimum Gasteiger partial charge on any atom is -0.481 e. The number of benzene rings is 1. The molecule has 22 heavy (non-hydrogen) atoms. The van der Waals surface area contributed by atoms with E-state index in [0.29, 0.717) is 16.5 Å². The summed E-state index contributed by atoms with van der Waals surface area (Å²) >= 11 is 7.38. The number of aromatic nitrogens is 1. The normalized spacial score (nSPS) is 17.1. The molecule has 1 aliphatic heterocycles. The van der Waals surface area contributed by atoms with Gasteiger partial charge in [0.15, 0.2) is 0 Å².